The van der Waals surface area contributed by atoms with Crippen LogP contribution in [0.15, 0.2) is 30.3 Å². The molecule has 0 unspecified atom stereocenters. The van der Waals surface area contributed by atoms with Crippen molar-refractivity contribution < 1.29 is 29.1 Å². The summed E-state index contributed by atoms with van der Waals surface area (Å²) in [7, 11) is 0. The number of carbonyl (C=O) groups excluding carboxylic acids is 4. The van der Waals surface area contributed by atoms with Crippen molar-refractivity contribution in [1.82, 2.24) is 21.3 Å². The van der Waals surface area contributed by atoms with Gasteiger partial charge in [0.05, 0.1) is 6.42 Å². The van der Waals surface area contributed by atoms with Crippen LogP contribution in [0.25, 0.3) is 0 Å². The van der Waals surface area contributed by atoms with Crippen LogP contribution in [-0.4, -0.2) is 58.9 Å². The van der Waals surface area contributed by atoms with Crippen molar-refractivity contribution in [3.05, 3.63) is 35.9 Å². The van der Waals surface area contributed by atoms with Gasteiger partial charge in [-0.3, -0.25) is 24.0 Å². The molecule has 0 fully saturated rings. The molecule has 176 valence electrons. The molecule has 4 amide bonds. The maximum absolute atomic E-state index is 12.6. The molecule has 0 bridgehead atoms. The van der Waals surface area contributed by atoms with Crippen molar-refractivity contribution in [3.63, 3.8) is 0 Å². The van der Waals surface area contributed by atoms with Gasteiger partial charge >= 0.3 is 5.97 Å². The normalized spacial score (nSPS) is 13.4. The van der Waals surface area contributed by atoms with Crippen LogP contribution in [0.5, 0.6) is 0 Å². The van der Waals surface area contributed by atoms with Gasteiger partial charge in [0.1, 0.15) is 18.1 Å². The fourth-order valence-electron chi connectivity index (χ4n) is 2.74. The number of hydrogen-bond acceptors (Lipinski definition) is 5. The van der Waals surface area contributed by atoms with Gasteiger partial charge in [-0.15, -0.1) is 0 Å². The highest BCUT2D eigenvalue weighted by atomic mass is 16.4. The second-order valence-electron chi connectivity index (χ2n) is 7.83. The molecule has 0 saturated carbocycles. The van der Waals surface area contributed by atoms with Crippen LogP contribution in [0.4, 0.5) is 0 Å². The first-order valence-corrected chi connectivity index (χ1v) is 10.5. The molecule has 0 aromatic heterocycles. The lowest BCUT2D eigenvalue weighted by atomic mass is 10.0. The first kappa shape index (κ1) is 26.6. The van der Waals surface area contributed by atoms with Crippen LogP contribution < -0.4 is 21.3 Å². The van der Waals surface area contributed by atoms with Crippen LogP contribution in [0, 0.1) is 0 Å². The van der Waals surface area contributed by atoms with Crippen molar-refractivity contribution in [2.45, 2.75) is 71.1 Å². The molecule has 0 heterocycles. The zero-order chi connectivity index (χ0) is 24.3. The summed E-state index contributed by atoms with van der Waals surface area (Å²) in [5.41, 5.74) is 0.867. The van der Waals surface area contributed by atoms with Gasteiger partial charge < -0.3 is 26.4 Å². The Hall–Kier alpha value is -3.43. The summed E-state index contributed by atoms with van der Waals surface area (Å²) in [6, 6.07) is 6.35. The third-order valence-corrected chi connectivity index (χ3v) is 4.44. The van der Waals surface area contributed by atoms with Gasteiger partial charge in [-0.2, -0.15) is 0 Å². The van der Waals surface area contributed by atoms with E-state index >= 15 is 0 Å². The minimum atomic E-state index is -1.12. The predicted molar refractivity (Wildman–Crippen MR) is 117 cm³/mol. The van der Waals surface area contributed by atoms with E-state index < -0.39 is 41.8 Å². The summed E-state index contributed by atoms with van der Waals surface area (Å²) in [6.07, 6.45) is -0.322. The lowest BCUT2D eigenvalue weighted by Gasteiger charge is -2.23. The molecule has 10 heteroatoms. The van der Waals surface area contributed by atoms with Gasteiger partial charge in [-0.1, -0.05) is 30.3 Å². The average Bonchev–Trinajstić information content (AvgIpc) is 2.71. The molecule has 5 N–H and O–H groups in total. The maximum Gasteiger partial charge on any atom is 0.303 e. The van der Waals surface area contributed by atoms with Crippen LogP contribution >= 0.6 is 0 Å². The minimum Gasteiger partial charge on any atom is -0.481 e. The van der Waals surface area contributed by atoms with E-state index in [1.54, 1.807) is 0 Å². The fourth-order valence-corrected chi connectivity index (χ4v) is 2.74. The largest absolute Gasteiger partial charge is 0.481 e. The number of carbonyl (C=O) groups is 5. The van der Waals surface area contributed by atoms with E-state index in [0.717, 1.165) is 5.56 Å². The van der Waals surface area contributed by atoms with E-state index in [1.807, 2.05) is 44.2 Å². The molecule has 32 heavy (non-hydrogen) atoms. The van der Waals surface area contributed by atoms with E-state index in [4.69, 9.17) is 5.11 Å². The topological polar surface area (TPSA) is 154 Å². The summed E-state index contributed by atoms with van der Waals surface area (Å²) >= 11 is 0. The summed E-state index contributed by atoms with van der Waals surface area (Å²) in [5, 5.41) is 18.9. The Labute approximate surface area is 187 Å². The molecule has 0 spiro atoms. The van der Waals surface area contributed by atoms with E-state index in [0.29, 0.717) is 0 Å². The summed E-state index contributed by atoms with van der Waals surface area (Å²) < 4.78 is 0. The number of carboxylic acid groups (broad SMARTS) is 1. The van der Waals surface area contributed by atoms with Crippen LogP contribution in [-0.2, 0) is 30.4 Å². The Morgan fingerprint density at radius 3 is 1.88 bits per heavy atom. The Morgan fingerprint density at radius 1 is 0.750 bits per heavy atom. The Morgan fingerprint density at radius 2 is 1.31 bits per heavy atom. The quantitative estimate of drug-likeness (QED) is 0.306. The molecule has 0 aliphatic heterocycles. The highest BCUT2D eigenvalue weighted by Gasteiger charge is 2.26. The Bertz CT molecular complexity index is 812. The smallest absolute Gasteiger partial charge is 0.303 e. The second kappa shape index (κ2) is 13.1. The summed E-state index contributed by atoms with van der Waals surface area (Å²) in [4.78, 5) is 59.7. The Balaban J connectivity index is 2.69. The minimum absolute atomic E-state index is 0.111. The molecule has 0 radical (unpaired) electrons. The van der Waals surface area contributed by atoms with Crippen LogP contribution in [0.1, 0.15) is 46.1 Å². The first-order chi connectivity index (χ1) is 15.0. The monoisotopic (exact) mass is 448 g/mol. The lowest BCUT2D eigenvalue weighted by molar-refractivity contribution is -0.139. The lowest BCUT2D eigenvalue weighted by Crippen LogP contribution is -2.56. The van der Waals surface area contributed by atoms with Gasteiger partial charge in [-0.05, 0) is 33.3 Å². The standard InChI is InChI=1S/C22H32N4O6/c1-13(2)23-22(32)17(12-16-8-6-5-7-9-16)26-21(31)15(4)25-20(30)14(3)24-18(27)10-11-19(28)29/h5-9,13-15,17H,10-12H2,1-4H3,(H,23,32)(H,24,27)(H,25,30)(H,26,31)(H,28,29)/t14-,15-,17+/m0/s1. The average molecular weight is 449 g/mol. The molecule has 1 aromatic carbocycles. The summed E-state index contributed by atoms with van der Waals surface area (Å²) in [6.45, 7) is 6.52. The molecule has 0 aliphatic carbocycles. The van der Waals surface area contributed by atoms with E-state index in [-0.39, 0.29) is 31.2 Å². The van der Waals surface area contributed by atoms with E-state index in [1.165, 1.54) is 13.8 Å². The number of amides is 4. The third kappa shape index (κ3) is 10.1. The molecule has 0 aliphatic rings. The molecule has 0 saturated heterocycles. The van der Waals surface area contributed by atoms with Gasteiger partial charge in [0.25, 0.3) is 0 Å². The van der Waals surface area contributed by atoms with Crippen LogP contribution in [0.2, 0.25) is 0 Å². The second-order valence-corrected chi connectivity index (χ2v) is 7.83. The molecule has 3 atom stereocenters. The van der Waals surface area contributed by atoms with Crippen molar-refractivity contribution in [3.8, 4) is 0 Å². The van der Waals surface area contributed by atoms with Crippen molar-refractivity contribution in [1.29, 1.82) is 0 Å². The predicted octanol–water partition coefficient (Wildman–Crippen LogP) is 0.113. The van der Waals surface area contributed by atoms with Gasteiger partial charge in [0.2, 0.25) is 23.6 Å². The number of rotatable bonds is 12. The molecule has 10 nitrogen and oxygen atoms in total. The molecule has 1 aromatic rings. The number of benzene rings is 1. The van der Waals surface area contributed by atoms with E-state index in [9.17, 15) is 24.0 Å². The first-order valence-electron chi connectivity index (χ1n) is 10.5. The molecule has 1 rings (SSSR count). The highest BCUT2D eigenvalue weighted by Crippen LogP contribution is 2.05. The number of nitrogens with one attached hydrogen (secondary N) is 4. The number of aliphatic carboxylic acids is 1. The van der Waals surface area contributed by atoms with Gasteiger partial charge in [0, 0.05) is 18.9 Å². The summed E-state index contributed by atoms with van der Waals surface area (Å²) in [5.74, 6) is -3.20. The number of carboxylic acids is 1. The third-order valence-electron chi connectivity index (χ3n) is 4.44. The van der Waals surface area contributed by atoms with Gasteiger partial charge in [-0.25, -0.2) is 0 Å². The number of hydrogen-bond donors (Lipinski definition) is 5. The fraction of sp³-hybridized carbons (Fsp3) is 0.500. The zero-order valence-corrected chi connectivity index (χ0v) is 18.8. The van der Waals surface area contributed by atoms with Crippen molar-refractivity contribution >= 4 is 29.6 Å². The highest BCUT2D eigenvalue weighted by molar-refractivity contribution is 5.94. The molecular weight excluding hydrogens is 416 g/mol. The van der Waals surface area contributed by atoms with Crippen molar-refractivity contribution in [2.24, 2.45) is 0 Å². The van der Waals surface area contributed by atoms with Gasteiger partial charge in [0.15, 0.2) is 0 Å². The van der Waals surface area contributed by atoms with E-state index in [2.05, 4.69) is 21.3 Å². The SMILES string of the molecule is CC(C)NC(=O)[C@@H](Cc1ccccc1)NC(=O)[C@H](C)NC(=O)[C@H](C)NC(=O)CCC(=O)O. The Kier molecular flexibility index (Phi) is 10.9. The maximum atomic E-state index is 12.6. The molecular formula is C22H32N4O6. The van der Waals surface area contributed by atoms with Crippen molar-refractivity contribution in [2.75, 3.05) is 0 Å². The zero-order valence-electron chi connectivity index (χ0n) is 18.8. The van der Waals surface area contributed by atoms with Crippen LogP contribution in [0.3, 0.4) is 0 Å².